The lowest BCUT2D eigenvalue weighted by Gasteiger charge is -2.01. The van der Waals surface area contributed by atoms with Crippen molar-refractivity contribution in [2.45, 2.75) is 13.5 Å². The van der Waals surface area contributed by atoms with Gasteiger partial charge in [0.05, 0.1) is 12.8 Å². The first-order valence-electron chi connectivity index (χ1n) is 4.85. The number of aromatic nitrogens is 2. The highest BCUT2D eigenvalue weighted by Gasteiger charge is 2.20. The first kappa shape index (κ1) is 15.5. The molecule has 3 nitrogen and oxygen atoms in total. The van der Waals surface area contributed by atoms with E-state index in [0.29, 0.717) is 6.61 Å². The van der Waals surface area contributed by atoms with E-state index in [2.05, 4.69) is 11.1 Å². The summed E-state index contributed by atoms with van der Waals surface area (Å²) in [4.78, 5) is 0. The molecule has 98 valence electrons. The molecule has 0 saturated heterocycles. The number of imidazole rings is 1. The van der Waals surface area contributed by atoms with Crippen LogP contribution in [0.5, 0.6) is 0 Å². The van der Waals surface area contributed by atoms with Crippen LogP contribution in [0.4, 0.5) is 17.3 Å². The maximum atomic E-state index is 9.75. The van der Waals surface area contributed by atoms with Gasteiger partial charge in [-0.05, 0) is 6.92 Å². The van der Waals surface area contributed by atoms with Gasteiger partial charge in [-0.3, -0.25) is 0 Å². The fourth-order valence-corrected chi connectivity index (χ4v) is 0.959. The van der Waals surface area contributed by atoms with Crippen LogP contribution in [0.2, 0.25) is 0 Å². The molecule has 0 saturated carbocycles. The number of ether oxygens (including phenoxy) is 1. The van der Waals surface area contributed by atoms with Gasteiger partial charge in [0.25, 0.3) is 0 Å². The van der Waals surface area contributed by atoms with E-state index >= 15 is 0 Å². The predicted octanol–water partition coefficient (Wildman–Crippen LogP) is 2.16. The Hall–Kier alpha value is -1.47. The van der Waals surface area contributed by atoms with Gasteiger partial charge in [0.1, 0.15) is 25.5 Å². The molecule has 17 heavy (non-hydrogen) atoms. The van der Waals surface area contributed by atoms with Crippen molar-refractivity contribution in [1.82, 2.24) is 4.57 Å². The molecule has 8 heteroatoms. The molecule has 1 aromatic rings. The highest BCUT2D eigenvalue weighted by Crippen LogP contribution is 2.06. The Morgan fingerprint density at radius 1 is 1.41 bits per heavy atom. The first-order chi connectivity index (χ1) is 7.68. The third kappa shape index (κ3) is 12.5. The van der Waals surface area contributed by atoms with E-state index in [-0.39, 0.29) is 0 Å². The number of hydrogen-bond donors (Lipinski definition) is 0. The minimum Gasteiger partial charge on any atom is -0.495 e. The molecular formula is C9H15BF4N2O. The van der Waals surface area contributed by atoms with E-state index in [9.17, 15) is 17.3 Å². The van der Waals surface area contributed by atoms with Crippen LogP contribution in [0.15, 0.2) is 31.1 Å². The summed E-state index contributed by atoms with van der Waals surface area (Å²) < 4.78 is 48.3. The van der Waals surface area contributed by atoms with Crippen LogP contribution in [-0.4, -0.2) is 18.4 Å². The summed E-state index contributed by atoms with van der Waals surface area (Å²) in [7, 11) is -4.00. The van der Waals surface area contributed by atoms with Gasteiger partial charge >= 0.3 is 7.25 Å². The number of allylic oxidation sites excluding steroid dienone is 1. The Balaban J connectivity index is 0.000000437. The van der Waals surface area contributed by atoms with Crippen LogP contribution >= 0.6 is 0 Å². The lowest BCUT2D eigenvalue weighted by Crippen LogP contribution is -2.24. The normalized spacial score (nSPS) is 10.5. The predicted molar refractivity (Wildman–Crippen MR) is 56.6 cm³/mol. The van der Waals surface area contributed by atoms with E-state index < -0.39 is 7.25 Å². The van der Waals surface area contributed by atoms with Gasteiger partial charge in [0.2, 0.25) is 6.33 Å². The number of aryl methyl sites for hydroxylation is 1. The minimum absolute atomic E-state index is 0.685. The zero-order valence-corrected chi connectivity index (χ0v) is 9.75. The monoisotopic (exact) mass is 254 g/mol. The molecule has 0 radical (unpaired) electrons. The molecule has 0 aromatic carbocycles. The molecule has 0 unspecified atom stereocenters. The van der Waals surface area contributed by atoms with Crippen molar-refractivity contribution in [2.75, 3.05) is 6.61 Å². The molecule has 0 N–H and O–H groups in total. The Morgan fingerprint density at radius 2 is 1.94 bits per heavy atom. The van der Waals surface area contributed by atoms with Crippen molar-refractivity contribution in [3.8, 4) is 0 Å². The molecule has 0 aliphatic rings. The Labute approximate surface area is 97.4 Å². The first-order valence-corrected chi connectivity index (χ1v) is 4.85. The fraction of sp³-hybridized carbons (Fsp3) is 0.444. The highest BCUT2D eigenvalue weighted by molar-refractivity contribution is 6.50. The summed E-state index contributed by atoms with van der Waals surface area (Å²) in [6.45, 7) is 7.06. The van der Waals surface area contributed by atoms with Gasteiger partial charge < -0.3 is 22.0 Å². The minimum atomic E-state index is -6.00. The summed E-state index contributed by atoms with van der Waals surface area (Å²) in [5.74, 6) is 0.770. The number of hydrogen-bond acceptors (Lipinski definition) is 1. The van der Waals surface area contributed by atoms with Crippen molar-refractivity contribution in [2.24, 2.45) is 7.05 Å². The van der Waals surface area contributed by atoms with E-state index in [1.807, 2.05) is 37.3 Å². The van der Waals surface area contributed by atoms with Crippen LogP contribution in [0, 0.1) is 0 Å². The molecule has 0 aliphatic heterocycles. The van der Waals surface area contributed by atoms with Gasteiger partial charge in [-0.1, -0.05) is 6.58 Å². The molecule has 0 amide bonds. The summed E-state index contributed by atoms with van der Waals surface area (Å²) in [5, 5.41) is 0. The van der Waals surface area contributed by atoms with Crippen LogP contribution in [0.1, 0.15) is 6.92 Å². The fourth-order valence-electron chi connectivity index (χ4n) is 0.959. The lowest BCUT2D eigenvalue weighted by atomic mass is 10.3. The standard InChI is InChI=1S/C9H15N2O.BF4/c1-9(2)12-7-6-11-5-4-10(3)8-11;2-1(3,4)5/h4-5,8H,1,6-7H2,2-3H3;/q+1;-1. The number of halogens is 4. The molecule has 0 bridgehead atoms. The van der Waals surface area contributed by atoms with Crippen molar-refractivity contribution >= 4 is 7.25 Å². The summed E-state index contributed by atoms with van der Waals surface area (Å²) in [6, 6.07) is 0. The average Bonchev–Trinajstić information content (AvgIpc) is 2.47. The zero-order chi connectivity index (χ0) is 13.5. The van der Waals surface area contributed by atoms with Crippen molar-refractivity contribution in [3.05, 3.63) is 31.1 Å². The molecule has 0 spiro atoms. The molecular weight excluding hydrogens is 239 g/mol. The second-order valence-electron chi connectivity index (χ2n) is 3.36. The van der Waals surface area contributed by atoms with Gasteiger partial charge in [-0.15, -0.1) is 0 Å². The van der Waals surface area contributed by atoms with Crippen molar-refractivity contribution < 1.29 is 26.6 Å². The Morgan fingerprint density at radius 3 is 2.29 bits per heavy atom. The van der Waals surface area contributed by atoms with Gasteiger partial charge in [0.15, 0.2) is 0 Å². The van der Waals surface area contributed by atoms with Gasteiger partial charge in [-0.2, -0.15) is 0 Å². The molecule has 1 aromatic heterocycles. The third-order valence-electron chi connectivity index (χ3n) is 1.52. The van der Waals surface area contributed by atoms with Crippen LogP contribution < -0.4 is 4.57 Å². The van der Waals surface area contributed by atoms with Gasteiger partial charge in [0, 0.05) is 0 Å². The second-order valence-corrected chi connectivity index (χ2v) is 3.36. The summed E-state index contributed by atoms with van der Waals surface area (Å²) in [5.41, 5.74) is 0. The lowest BCUT2D eigenvalue weighted by molar-refractivity contribution is -0.671. The Bertz CT molecular complexity index is 345. The summed E-state index contributed by atoms with van der Waals surface area (Å²) >= 11 is 0. The third-order valence-corrected chi connectivity index (χ3v) is 1.52. The average molecular weight is 254 g/mol. The Kier molecular flexibility index (Phi) is 6.38. The second kappa shape index (κ2) is 6.98. The molecule has 1 rings (SSSR count). The van der Waals surface area contributed by atoms with Crippen LogP contribution in [-0.2, 0) is 18.3 Å². The highest BCUT2D eigenvalue weighted by atomic mass is 19.5. The van der Waals surface area contributed by atoms with E-state index in [1.165, 1.54) is 0 Å². The summed E-state index contributed by atoms with van der Waals surface area (Å²) in [6.07, 6.45) is 6.03. The van der Waals surface area contributed by atoms with E-state index in [4.69, 9.17) is 4.74 Å². The maximum absolute atomic E-state index is 9.75. The largest absolute Gasteiger partial charge is 0.673 e. The van der Waals surface area contributed by atoms with E-state index in [1.54, 1.807) is 0 Å². The van der Waals surface area contributed by atoms with E-state index in [0.717, 1.165) is 12.3 Å². The quantitative estimate of drug-likeness (QED) is 0.348. The molecule has 0 fully saturated rings. The van der Waals surface area contributed by atoms with Crippen molar-refractivity contribution in [3.63, 3.8) is 0 Å². The molecule has 1 heterocycles. The van der Waals surface area contributed by atoms with Gasteiger partial charge in [-0.25, -0.2) is 9.13 Å². The number of rotatable bonds is 4. The number of nitrogens with zero attached hydrogens (tertiary/aromatic N) is 2. The van der Waals surface area contributed by atoms with Crippen molar-refractivity contribution in [1.29, 1.82) is 0 Å². The SMILES string of the molecule is C=C(C)OCCn1cc[n+](C)c1.F[B-](F)(F)F. The topological polar surface area (TPSA) is 18.0 Å². The smallest absolute Gasteiger partial charge is 0.495 e. The molecule has 0 aliphatic carbocycles. The van der Waals surface area contributed by atoms with Crippen LogP contribution in [0.3, 0.4) is 0 Å². The molecule has 0 atom stereocenters. The van der Waals surface area contributed by atoms with Crippen LogP contribution in [0.25, 0.3) is 0 Å². The maximum Gasteiger partial charge on any atom is 0.673 e. The zero-order valence-electron chi connectivity index (χ0n) is 9.75.